The van der Waals surface area contributed by atoms with E-state index >= 15 is 0 Å². The second kappa shape index (κ2) is 9.54. The smallest absolute Gasteiger partial charge is 0.411 e. The number of halogens is 1. The van der Waals surface area contributed by atoms with Crippen LogP contribution in [0.4, 0.5) is 15.0 Å². The second-order valence-electron chi connectivity index (χ2n) is 8.90. The molecule has 0 unspecified atom stereocenters. The summed E-state index contributed by atoms with van der Waals surface area (Å²) in [7, 11) is 0. The van der Waals surface area contributed by atoms with Crippen molar-refractivity contribution in [1.82, 2.24) is 9.88 Å². The van der Waals surface area contributed by atoms with Gasteiger partial charge in [-0.2, -0.15) is 0 Å². The van der Waals surface area contributed by atoms with Crippen molar-refractivity contribution < 1.29 is 23.5 Å². The molecule has 10 heteroatoms. The van der Waals surface area contributed by atoms with Crippen molar-refractivity contribution in [3.05, 3.63) is 34.9 Å². The normalized spacial score (nSPS) is 16.2. The zero-order valence-electron chi connectivity index (χ0n) is 19.7. The molecule has 2 heterocycles. The van der Waals surface area contributed by atoms with Crippen molar-refractivity contribution in [3.63, 3.8) is 0 Å². The van der Waals surface area contributed by atoms with E-state index in [4.69, 9.17) is 15.2 Å². The lowest BCUT2D eigenvalue weighted by Crippen LogP contribution is -2.48. The van der Waals surface area contributed by atoms with Crippen molar-refractivity contribution in [2.24, 2.45) is 10.7 Å². The summed E-state index contributed by atoms with van der Waals surface area (Å²) in [6, 6.07) is 2.81. The number of nitrogens with zero attached hydrogens (tertiary/aromatic N) is 3. The Kier molecular flexibility index (Phi) is 7.48. The fourth-order valence-corrected chi connectivity index (χ4v) is 3.07. The minimum Gasteiger partial charge on any atom is -0.465 e. The van der Waals surface area contributed by atoms with Crippen molar-refractivity contribution in [2.75, 3.05) is 25.0 Å². The molecule has 1 amide bonds. The number of aliphatic imine (C=N–C) groups is 1. The number of nitrogens with one attached hydrogen (secondary N) is 1. The van der Waals surface area contributed by atoms with Gasteiger partial charge in [0.05, 0.1) is 18.7 Å². The maximum Gasteiger partial charge on any atom is 0.411 e. The Bertz CT molecular complexity index is 950. The average Bonchev–Trinajstić information content (AvgIpc) is 2.90. The molecule has 9 nitrogen and oxygen atoms in total. The Balaban J connectivity index is 2.44. The van der Waals surface area contributed by atoms with Gasteiger partial charge in [0, 0.05) is 17.0 Å². The van der Waals surface area contributed by atoms with Crippen LogP contribution >= 0.6 is 0 Å². The third kappa shape index (κ3) is 5.95. The number of rotatable bonds is 5. The molecule has 2 rings (SSSR count). The molecule has 0 saturated heterocycles. The first-order valence-electron chi connectivity index (χ1n) is 10.4. The Morgan fingerprint density at radius 3 is 2.59 bits per heavy atom. The fourth-order valence-electron chi connectivity index (χ4n) is 3.07. The summed E-state index contributed by atoms with van der Waals surface area (Å²) in [5, 5.41) is 2.84. The van der Waals surface area contributed by atoms with Crippen LogP contribution in [0.2, 0.25) is 0 Å². The number of amides is 1. The van der Waals surface area contributed by atoms with Crippen LogP contribution in [0, 0.1) is 12.7 Å². The Morgan fingerprint density at radius 2 is 2.00 bits per heavy atom. The van der Waals surface area contributed by atoms with Crippen molar-refractivity contribution >= 4 is 23.7 Å². The van der Waals surface area contributed by atoms with Gasteiger partial charge in [0.25, 0.3) is 0 Å². The van der Waals surface area contributed by atoms with Crippen LogP contribution in [-0.2, 0) is 14.3 Å². The van der Waals surface area contributed by atoms with Crippen LogP contribution in [0.3, 0.4) is 0 Å². The van der Waals surface area contributed by atoms with Crippen LogP contribution < -0.4 is 11.1 Å². The quantitative estimate of drug-likeness (QED) is 0.403. The molecule has 1 aliphatic rings. The van der Waals surface area contributed by atoms with Crippen LogP contribution in [0.1, 0.15) is 47.2 Å². The minimum absolute atomic E-state index is 0.0514. The molecule has 0 saturated carbocycles. The standard InChI is InChI=1S/C22H32FN5O4/c1-8-31-16(29)11-25-18(27-19-15(23)10-9-13(2)26-19)14-12-28(22(6,7)17(14)24)20(30)32-21(3,4)5/h9-10H,8,11-12,24H2,1-7H3,(H,25,26,27). The molecule has 0 atom stereocenters. The van der Waals surface area contributed by atoms with Gasteiger partial charge in [-0.15, -0.1) is 0 Å². The summed E-state index contributed by atoms with van der Waals surface area (Å²) < 4.78 is 24.8. The third-order valence-corrected chi connectivity index (χ3v) is 4.77. The molecule has 0 aromatic carbocycles. The Hall–Kier alpha value is -3.17. The number of carbonyl (C=O) groups excluding carboxylic acids is 2. The van der Waals surface area contributed by atoms with Gasteiger partial charge in [0.1, 0.15) is 18.0 Å². The van der Waals surface area contributed by atoms with Crippen molar-refractivity contribution in [1.29, 1.82) is 0 Å². The van der Waals surface area contributed by atoms with E-state index in [1.807, 2.05) is 0 Å². The summed E-state index contributed by atoms with van der Waals surface area (Å²) in [6.45, 7) is 12.2. The molecule has 0 aliphatic carbocycles. The largest absolute Gasteiger partial charge is 0.465 e. The first-order valence-corrected chi connectivity index (χ1v) is 10.4. The molecule has 0 fully saturated rings. The topological polar surface area (TPSA) is 119 Å². The van der Waals surface area contributed by atoms with Crippen LogP contribution in [-0.4, -0.2) is 58.6 Å². The number of aromatic nitrogens is 1. The van der Waals surface area contributed by atoms with E-state index in [9.17, 15) is 14.0 Å². The predicted molar refractivity (Wildman–Crippen MR) is 120 cm³/mol. The van der Waals surface area contributed by atoms with Crippen molar-refractivity contribution in [2.45, 2.75) is 59.6 Å². The lowest BCUT2D eigenvalue weighted by atomic mass is 10.0. The zero-order chi connectivity index (χ0) is 24.3. The number of anilines is 1. The second-order valence-corrected chi connectivity index (χ2v) is 8.90. The number of nitrogens with two attached hydrogens (primary N) is 1. The van der Waals surface area contributed by atoms with Gasteiger partial charge in [0.2, 0.25) is 0 Å². The molecule has 1 aromatic rings. The van der Waals surface area contributed by atoms with Gasteiger partial charge in [-0.1, -0.05) is 0 Å². The maximum atomic E-state index is 14.4. The van der Waals surface area contributed by atoms with Gasteiger partial charge in [0.15, 0.2) is 11.6 Å². The molecule has 1 aromatic heterocycles. The van der Waals surface area contributed by atoms with Gasteiger partial charge in [-0.25, -0.2) is 14.2 Å². The summed E-state index contributed by atoms with van der Waals surface area (Å²) in [6.07, 6.45) is -0.551. The van der Waals surface area contributed by atoms with E-state index in [-0.39, 0.29) is 31.3 Å². The minimum atomic E-state index is -0.900. The molecular formula is C22H32FN5O4. The summed E-state index contributed by atoms with van der Waals surface area (Å²) in [4.78, 5) is 34.6. The highest BCUT2D eigenvalue weighted by Gasteiger charge is 2.44. The number of carbonyl (C=O) groups is 2. The molecular weight excluding hydrogens is 417 g/mol. The van der Waals surface area contributed by atoms with Gasteiger partial charge in [-0.05, 0) is 60.6 Å². The molecule has 0 bridgehead atoms. The summed E-state index contributed by atoms with van der Waals surface area (Å²) >= 11 is 0. The highest BCUT2D eigenvalue weighted by molar-refractivity contribution is 6.10. The monoisotopic (exact) mass is 449 g/mol. The zero-order valence-corrected chi connectivity index (χ0v) is 19.7. The number of esters is 1. The maximum absolute atomic E-state index is 14.4. The lowest BCUT2D eigenvalue weighted by molar-refractivity contribution is -0.141. The van der Waals surface area contributed by atoms with Gasteiger partial charge in [-0.3, -0.25) is 14.7 Å². The highest BCUT2D eigenvalue weighted by atomic mass is 19.1. The van der Waals surface area contributed by atoms with E-state index in [0.29, 0.717) is 17.0 Å². The molecule has 176 valence electrons. The first kappa shape index (κ1) is 25.1. The number of hydrogen-bond acceptors (Lipinski definition) is 7. The number of ether oxygens (including phenoxy) is 2. The molecule has 32 heavy (non-hydrogen) atoms. The van der Waals surface area contributed by atoms with Gasteiger partial charge >= 0.3 is 12.1 Å². The molecule has 1 aliphatic heterocycles. The Labute approximate surface area is 187 Å². The Morgan fingerprint density at radius 1 is 1.34 bits per heavy atom. The fraction of sp³-hybridized carbons (Fsp3) is 0.545. The van der Waals surface area contributed by atoms with E-state index in [2.05, 4.69) is 15.3 Å². The van der Waals surface area contributed by atoms with E-state index < -0.39 is 29.0 Å². The highest BCUT2D eigenvalue weighted by Crippen LogP contribution is 2.33. The summed E-state index contributed by atoms with van der Waals surface area (Å²) in [5.41, 5.74) is 6.18. The van der Waals surface area contributed by atoms with Crippen LogP contribution in [0.15, 0.2) is 28.4 Å². The summed E-state index contributed by atoms with van der Waals surface area (Å²) in [5.74, 6) is -1.09. The van der Waals surface area contributed by atoms with Crippen molar-refractivity contribution in [3.8, 4) is 0 Å². The molecule has 0 spiro atoms. The third-order valence-electron chi connectivity index (χ3n) is 4.77. The van der Waals surface area contributed by atoms with Crippen LogP contribution in [0.25, 0.3) is 0 Å². The van der Waals surface area contributed by atoms with Gasteiger partial charge < -0.3 is 20.5 Å². The number of pyridine rings is 1. The van der Waals surface area contributed by atoms with E-state index in [1.165, 1.54) is 17.0 Å². The number of hydrogen-bond donors (Lipinski definition) is 2. The number of amidine groups is 1. The predicted octanol–water partition coefficient (Wildman–Crippen LogP) is 3.14. The van der Waals surface area contributed by atoms with Crippen LogP contribution in [0.5, 0.6) is 0 Å². The first-order chi connectivity index (χ1) is 14.8. The average molecular weight is 450 g/mol. The van der Waals surface area contributed by atoms with E-state index in [0.717, 1.165) is 0 Å². The molecule has 0 radical (unpaired) electrons. The molecule has 3 N–H and O–H groups in total. The number of aryl methyl sites for hydroxylation is 1. The van der Waals surface area contributed by atoms with E-state index in [1.54, 1.807) is 48.5 Å². The SMILES string of the molecule is CCOC(=O)CN=C(Nc1nc(C)ccc1F)C1=C(N)C(C)(C)N(C(=O)OC(C)(C)C)C1. The lowest BCUT2D eigenvalue weighted by Gasteiger charge is -2.34.